The molecule has 0 radical (unpaired) electrons. The molecule has 0 aromatic rings. The van der Waals surface area contributed by atoms with Crippen LogP contribution in [0.1, 0.15) is 20.3 Å². The standard InChI is InChI=1S/C9H12O3/c1-4-5-9(3)7(10)6(2)12-8(9)11/h4,6H,1,5H2,2-3H3/t6-,9+/m0/s1. The van der Waals surface area contributed by atoms with E-state index in [4.69, 9.17) is 4.74 Å². The highest BCUT2D eigenvalue weighted by molar-refractivity contribution is 6.10. The number of carbonyl (C=O) groups is 2. The molecule has 0 aromatic heterocycles. The zero-order valence-electron chi connectivity index (χ0n) is 7.29. The molecule has 2 atom stereocenters. The van der Waals surface area contributed by atoms with Crippen LogP contribution in [-0.4, -0.2) is 17.9 Å². The van der Waals surface area contributed by atoms with Gasteiger partial charge in [0, 0.05) is 0 Å². The summed E-state index contributed by atoms with van der Waals surface area (Å²) < 4.78 is 4.81. The fourth-order valence-corrected chi connectivity index (χ4v) is 1.37. The average molecular weight is 168 g/mol. The number of ether oxygens (including phenoxy) is 1. The summed E-state index contributed by atoms with van der Waals surface area (Å²) in [6, 6.07) is 0. The van der Waals surface area contributed by atoms with Gasteiger partial charge in [-0.15, -0.1) is 6.58 Å². The molecule has 3 heteroatoms. The highest BCUT2D eigenvalue weighted by Gasteiger charge is 2.50. The number of Topliss-reactive ketones (excluding diaryl/α,β-unsaturated/α-hetero) is 1. The molecule has 0 aromatic carbocycles. The van der Waals surface area contributed by atoms with Crippen LogP contribution in [-0.2, 0) is 14.3 Å². The van der Waals surface area contributed by atoms with Crippen LogP contribution >= 0.6 is 0 Å². The zero-order chi connectivity index (χ0) is 9.35. The molecule has 1 aliphatic heterocycles. The molecule has 0 aliphatic carbocycles. The number of ketones is 1. The maximum atomic E-state index is 11.4. The minimum absolute atomic E-state index is 0.146. The lowest BCUT2D eigenvalue weighted by atomic mass is 9.83. The quantitative estimate of drug-likeness (QED) is 0.352. The number of hydrogen-bond donors (Lipinski definition) is 0. The fraction of sp³-hybridized carbons (Fsp3) is 0.556. The maximum absolute atomic E-state index is 11.4. The van der Waals surface area contributed by atoms with E-state index in [1.54, 1.807) is 19.9 Å². The molecule has 1 saturated heterocycles. The van der Waals surface area contributed by atoms with E-state index in [0.717, 1.165) is 0 Å². The van der Waals surface area contributed by atoms with E-state index in [-0.39, 0.29) is 5.78 Å². The molecule has 0 unspecified atom stereocenters. The van der Waals surface area contributed by atoms with E-state index in [1.165, 1.54) is 0 Å². The Bertz CT molecular complexity index is 244. The number of esters is 1. The van der Waals surface area contributed by atoms with Crippen molar-refractivity contribution < 1.29 is 14.3 Å². The molecule has 0 bridgehead atoms. The summed E-state index contributed by atoms with van der Waals surface area (Å²) in [7, 11) is 0. The van der Waals surface area contributed by atoms with Gasteiger partial charge in [-0.1, -0.05) is 6.08 Å². The van der Waals surface area contributed by atoms with Crippen molar-refractivity contribution in [3.63, 3.8) is 0 Å². The van der Waals surface area contributed by atoms with Gasteiger partial charge in [-0.25, -0.2) is 0 Å². The van der Waals surface area contributed by atoms with Gasteiger partial charge in [-0.05, 0) is 20.3 Å². The third kappa shape index (κ3) is 1.05. The fourth-order valence-electron chi connectivity index (χ4n) is 1.37. The van der Waals surface area contributed by atoms with Crippen LogP contribution in [0.5, 0.6) is 0 Å². The largest absolute Gasteiger partial charge is 0.454 e. The molecule has 3 nitrogen and oxygen atoms in total. The van der Waals surface area contributed by atoms with E-state index in [2.05, 4.69) is 6.58 Å². The lowest BCUT2D eigenvalue weighted by Crippen LogP contribution is -2.30. The van der Waals surface area contributed by atoms with Gasteiger partial charge in [-0.3, -0.25) is 9.59 Å². The summed E-state index contributed by atoms with van der Waals surface area (Å²) in [5.74, 6) is -0.577. The van der Waals surface area contributed by atoms with Crippen molar-refractivity contribution in [1.82, 2.24) is 0 Å². The summed E-state index contributed by atoms with van der Waals surface area (Å²) in [6.07, 6.45) is 1.33. The average Bonchev–Trinajstić information content (AvgIpc) is 2.17. The number of carbonyl (C=O) groups excluding carboxylic acids is 2. The first-order valence-electron chi connectivity index (χ1n) is 3.88. The SMILES string of the molecule is C=CC[C@@]1(C)C(=O)O[C@@H](C)C1=O. The highest BCUT2D eigenvalue weighted by atomic mass is 16.6. The van der Waals surface area contributed by atoms with E-state index < -0.39 is 17.5 Å². The molecule has 66 valence electrons. The Kier molecular flexibility index (Phi) is 2.04. The number of rotatable bonds is 2. The second-order valence-corrected chi connectivity index (χ2v) is 3.24. The van der Waals surface area contributed by atoms with Crippen LogP contribution in [0.3, 0.4) is 0 Å². The van der Waals surface area contributed by atoms with Crippen molar-refractivity contribution in [2.24, 2.45) is 5.41 Å². The first-order chi connectivity index (χ1) is 5.52. The van der Waals surface area contributed by atoms with Gasteiger partial charge in [0.15, 0.2) is 11.9 Å². The zero-order valence-corrected chi connectivity index (χ0v) is 7.29. The van der Waals surface area contributed by atoms with E-state index in [1.807, 2.05) is 0 Å². The Hall–Kier alpha value is -1.12. The predicted octanol–water partition coefficient (Wildman–Crippen LogP) is 1.08. The van der Waals surface area contributed by atoms with E-state index in [9.17, 15) is 9.59 Å². The second kappa shape index (κ2) is 2.73. The molecule has 1 heterocycles. The van der Waals surface area contributed by atoms with Gasteiger partial charge >= 0.3 is 5.97 Å². The Labute approximate surface area is 71.4 Å². The first kappa shape index (κ1) is 8.97. The van der Waals surface area contributed by atoms with E-state index in [0.29, 0.717) is 6.42 Å². The smallest absolute Gasteiger partial charge is 0.320 e. The van der Waals surface area contributed by atoms with Gasteiger partial charge < -0.3 is 4.74 Å². The van der Waals surface area contributed by atoms with Crippen LogP contribution in [0.2, 0.25) is 0 Å². The molecule has 1 aliphatic rings. The lowest BCUT2D eigenvalue weighted by Gasteiger charge is -2.13. The van der Waals surface area contributed by atoms with Crippen molar-refractivity contribution in [1.29, 1.82) is 0 Å². The summed E-state index contributed by atoms with van der Waals surface area (Å²) in [5.41, 5.74) is -0.985. The Morgan fingerprint density at radius 1 is 1.67 bits per heavy atom. The summed E-state index contributed by atoms with van der Waals surface area (Å²) in [6.45, 7) is 6.70. The maximum Gasteiger partial charge on any atom is 0.320 e. The molecule has 0 N–H and O–H groups in total. The molecular weight excluding hydrogens is 156 g/mol. The first-order valence-corrected chi connectivity index (χ1v) is 3.88. The summed E-state index contributed by atoms with van der Waals surface area (Å²) in [5, 5.41) is 0. The van der Waals surface area contributed by atoms with Gasteiger partial charge in [-0.2, -0.15) is 0 Å². The summed E-state index contributed by atoms with van der Waals surface area (Å²) in [4.78, 5) is 22.6. The van der Waals surface area contributed by atoms with Gasteiger partial charge in [0.25, 0.3) is 0 Å². The minimum atomic E-state index is -0.985. The lowest BCUT2D eigenvalue weighted by molar-refractivity contribution is -0.147. The van der Waals surface area contributed by atoms with Crippen molar-refractivity contribution >= 4 is 11.8 Å². The van der Waals surface area contributed by atoms with Crippen LogP contribution < -0.4 is 0 Å². The summed E-state index contributed by atoms with van der Waals surface area (Å²) >= 11 is 0. The Balaban J connectivity index is 2.95. The van der Waals surface area contributed by atoms with Crippen LogP contribution in [0.25, 0.3) is 0 Å². The molecule has 0 spiro atoms. The molecular formula is C9H12O3. The molecule has 1 rings (SSSR count). The monoisotopic (exact) mass is 168 g/mol. The van der Waals surface area contributed by atoms with Gasteiger partial charge in [0.1, 0.15) is 5.41 Å². The van der Waals surface area contributed by atoms with Gasteiger partial charge in [0.05, 0.1) is 0 Å². The van der Waals surface area contributed by atoms with Crippen LogP contribution in [0.15, 0.2) is 12.7 Å². The number of cyclic esters (lactones) is 1. The molecule has 0 amide bonds. The van der Waals surface area contributed by atoms with Crippen molar-refractivity contribution in [3.8, 4) is 0 Å². The van der Waals surface area contributed by atoms with E-state index >= 15 is 0 Å². The Morgan fingerprint density at radius 3 is 2.58 bits per heavy atom. The predicted molar refractivity (Wildman–Crippen MR) is 43.5 cm³/mol. The highest BCUT2D eigenvalue weighted by Crippen LogP contribution is 2.33. The number of allylic oxidation sites excluding steroid dienone is 1. The second-order valence-electron chi connectivity index (χ2n) is 3.24. The van der Waals surface area contributed by atoms with Crippen molar-refractivity contribution in [2.75, 3.05) is 0 Å². The normalized spacial score (nSPS) is 35.0. The van der Waals surface area contributed by atoms with Crippen LogP contribution in [0, 0.1) is 5.41 Å². The van der Waals surface area contributed by atoms with Crippen molar-refractivity contribution in [3.05, 3.63) is 12.7 Å². The van der Waals surface area contributed by atoms with Gasteiger partial charge in [0.2, 0.25) is 0 Å². The number of hydrogen-bond acceptors (Lipinski definition) is 3. The van der Waals surface area contributed by atoms with Crippen LogP contribution in [0.4, 0.5) is 0 Å². The molecule has 0 saturated carbocycles. The minimum Gasteiger partial charge on any atom is -0.454 e. The Morgan fingerprint density at radius 2 is 2.25 bits per heavy atom. The third-order valence-electron chi connectivity index (χ3n) is 2.20. The molecule has 1 fully saturated rings. The van der Waals surface area contributed by atoms with Crippen molar-refractivity contribution in [2.45, 2.75) is 26.4 Å². The topological polar surface area (TPSA) is 43.4 Å². The third-order valence-corrected chi connectivity index (χ3v) is 2.20. The molecule has 12 heavy (non-hydrogen) atoms.